The molecule has 0 amide bonds. The Morgan fingerprint density at radius 3 is 2.54 bits per heavy atom. The van der Waals surface area contributed by atoms with Gasteiger partial charge in [0, 0.05) is 31.2 Å². The van der Waals surface area contributed by atoms with Gasteiger partial charge < -0.3 is 16.0 Å². The number of hydrogen-bond acceptors (Lipinski definition) is 8. The highest BCUT2D eigenvalue weighted by Crippen LogP contribution is 2.35. The highest BCUT2D eigenvalue weighted by molar-refractivity contribution is 7.90. The second kappa shape index (κ2) is 9.55. The zero-order valence-corrected chi connectivity index (χ0v) is 22.2. The lowest BCUT2D eigenvalue weighted by atomic mass is 10.2. The molecule has 10 nitrogen and oxygen atoms in total. The van der Waals surface area contributed by atoms with Crippen molar-refractivity contribution in [2.24, 2.45) is 5.92 Å². The number of allylic oxidation sites excluding steroid dienone is 1. The van der Waals surface area contributed by atoms with Crippen LogP contribution in [0.5, 0.6) is 0 Å². The van der Waals surface area contributed by atoms with E-state index < -0.39 is 10.0 Å². The number of likely N-dealkylation sites (N-methyl/N-ethyl adjacent to an activating group) is 1. The Morgan fingerprint density at radius 2 is 1.86 bits per heavy atom. The number of aryl methyl sites for hydroxylation is 1. The Bertz CT molecular complexity index is 1550. The van der Waals surface area contributed by atoms with E-state index in [4.69, 9.17) is 4.98 Å². The first kappa shape index (κ1) is 24.8. The average Bonchev–Trinajstić information content (AvgIpc) is 3.48. The summed E-state index contributed by atoms with van der Waals surface area (Å²) >= 11 is 0. The molecule has 5 rings (SSSR count). The van der Waals surface area contributed by atoms with Gasteiger partial charge >= 0.3 is 0 Å². The molecule has 3 aromatic heterocycles. The van der Waals surface area contributed by atoms with Gasteiger partial charge in [0.15, 0.2) is 5.65 Å². The molecule has 3 N–H and O–H groups in total. The largest absolute Gasteiger partial charge is 0.390 e. The normalized spacial score (nSPS) is 15.4. The van der Waals surface area contributed by atoms with Crippen LogP contribution in [-0.2, 0) is 10.0 Å². The van der Waals surface area contributed by atoms with Crippen molar-refractivity contribution in [3.05, 3.63) is 66.8 Å². The van der Waals surface area contributed by atoms with Gasteiger partial charge in [0.05, 0.1) is 28.2 Å². The van der Waals surface area contributed by atoms with Crippen LogP contribution >= 0.6 is 0 Å². The van der Waals surface area contributed by atoms with Crippen molar-refractivity contribution in [1.29, 1.82) is 0 Å². The highest BCUT2D eigenvalue weighted by Gasteiger charge is 2.29. The third-order valence-corrected chi connectivity index (χ3v) is 8.54. The fraction of sp³-hybridized carbons (Fsp3) is 0.346. The van der Waals surface area contributed by atoms with Gasteiger partial charge in [0.25, 0.3) is 10.0 Å². The highest BCUT2D eigenvalue weighted by atomic mass is 32.2. The molecule has 0 aliphatic heterocycles. The van der Waals surface area contributed by atoms with Gasteiger partial charge in [-0.25, -0.2) is 12.4 Å². The number of benzene rings is 1. The Labute approximate surface area is 216 Å². The van der Waals surface area contributed by atoms with Gasteiger partial charge in [-0.05, 0) is 57.7 Å². The second-order valence-corrected chi connectivity index (χ2v) is 11.4. The van der Waals surface area contributed by atoms with Crippen molar-refractivity contribution in [3.8, 4) is 0 Å². The lowest BCUT2D eigenvalue weighted by Gasteiger charge is -2.16. The predicted octanol–water partition coefficient (Wildman–Crippen LogP) is 4.42. The monoisotopic (exact) mass is 520 g/mol. The summed E-state index contributed by atoms with van der Waals surface area (Å²) < 4.78 is 30.1. The summed E-state index contributed by atoms with van der Waals surface area (Å²) in [5.41, 5.74) is 2.79. The van der Waals surface area contributed by atoms with E-state index in [0.717, 1.165) is 11.3 Å². The van der Waals surface area contributed by atoms with Crippen LogP contribution in [0.4, 0.5) is 17.5 Å². The van der Waals surface area contributed by atoms with Gasteiger partial charge in [-0.3, -0.25) is 4.68 Å². The Morgan fingerprint density at radius 1 is 1.14 bits per heavy atom. The number of aromatic nitrogens is 5. The van der Waals surface area contributed by atoms with Gasteiger partial charge in [-0.15, -0.1) is 0 Å². The van der Waals surface area contributed by atoms with E-state index in [9.17, 15) is 8.42 Å². The molecule has 1 aromatic carbocycles. The molecule has 1 aliphatic carbocycles. The predicted molar refractivity (Wildman–Crippen MR) is 146 cm³/mol. The molecule has 0 bridgehead atoms. The molecule has 194 valence electrons. The van der Waals surface area contributed by atoms with E-state index in [2.05, 4.69) is 39.5 Å². The van der Waals surface area contributed by atoms with Crippen molar-refractivity contribution in [3.63, 3.8) is 0 Å². The SMILES string of the molecule is C=C(NC)C(C)n1cc(Nc2nc(N[C@@H](C)C3CC3)c3ccn(S(=O)(=O)c4ccc(C)cc4)c3n2)cn1. The molecule has 0 saturated heterocycles. The number of fused-ring (bicyclic) bond motifs is 1. The van der Waals surface area contributed by atoms with Crippen molar-refractivity contribution < 1.29 is 8.42 Å². The van der Waals surface area contributed by atoms with Crippen LogP contribution < -0.4 is 16.0 Å². The van der Waals surface area contributed by atoms with Crippen molar-refractivity contribution in [2.75, 3.05) is 17.7 Å². The van der Waals surface area contributed by atoms with E-state index in [1.807, 2.05) is 27.1 Å². The minimum absolute atomic E-state index is 0.0579. The number of nitrogens with one attached hydrogen (secondary N) is 3. The minimum atomic E-state index is -3.86. The maximum atomic E-state index is 13.5. The van der Waals surface area contributed by atoms with Crippen molar-refractivity contribution in [1.82, 2.24) is 29.0 Å². The van der Waals surface area contributed by atoms with Gasteiger partial charge in [-0.1, -0.05) is 24.3 Å². The molecular formula is C26H32N8O2S. The first-order chi connectivity index (χ1) is 17.7. The average molecular weight is 521 g/mol. The van der Waals surface area contributed by atoms with E-state index in [0.29, 0.717) is 28.5 Å². The van der Waals surface area contributed by atoms with E-state index in [1.54, 1.807) is 41.2 Å². The molecular weight excluding hydrogens is 488 g/mol. The molecule has 1 unspecified atom stereocenters. The first-order valence-corrected chi connectivity index (χ1v) is 13.8. The summed E-state index contributed by atoms with van der Waals surface area (Å²) in [6.45, 7) is 10.0. The molecule has 0 radical (unpaired) electrons. The van der Waals surface area contributed by atoms with Crippen LogP contribution in [0.25, 0.3) is 11.0 Å². The smallest absolute Gasteiger partial charge is 0.269 e. The van der Waals surface area contributed by atoms with Crippen LogP contribution in [0.15, 0.2) is 66.1 Å². The maximum Gasteiger partial charge on any atom is 0.269 e. The third-order valence-electron chi connectivity index (χ3n) is 6.86. The fourth-order valence-electron chi connectivity index (χ4n) is 4.22. The number of hydrogen-bond donors (Lipinski definition) is 3. The second-order valence-electron chi connectivity index (χ2n) is 9.62. The number of rotatable bonds is 10. The molecule has 1 aliphatic rings. The van der Waals surface area contributed by atoms with Crippen LogP contribution in [0.1, 0.15) is 38.3 Å². The van der Waals surface area contributed by atoms with Gasteiger partial charge in [0.2, 0.25) is 5.95 Å². The number of nitrogens with zero attached hydrogens (tertiary/aromatic N) is 5. The summed E-state index contributed by atoms with van der Waals surface area (Å²) in [5, 5.41) is 14.8. The standard InChI is InChI=1S/C26H32N8O2S/c1-16-6-10-22(11-7-16)37(35,36)34-13-12-23-24(29-18(3)20-8-9-20)31-26(32-25(23)34)30-21-14-28-33(15-21)19(4)17(2)27-5/h6-7,10-15,18-20,27H,2,8-9H2,1,3-5H3,(H2,29,30,31,32)/t18-,19?/m0/s1. The molecule has 1 saturated carbocycles. The summed E-state index contributed by atoms with van der Waals surface area (Å²) in [6, 6.07) is 8.69. The fourth-order valence-corrected chi connectivity index (χ4v) is 5.51. The van der Waals surface area contributed by atoms with Crippen molar-refractivity contribution in [2.45, 2.75) is 50.6 Å². The maximum absolute atomic E-state index is 13.5. The van der Waals surface area contributed by atoms with Crippen LogP contribution in [-0.4, -0.2) is 45.2 Å². The van der Waals surface area contributed by atoms with E-state index >= 15 is 0 Å². The first-order valence-electron chi connectivity index (χ1n) is 12.3. The number of anilines is 3. The molecule has 4 aromatic rings. The van der Waals surface area contributed by atoms with Crippen LogP contribution in [0.2, 0.25) is 0 Å². The van der Waals surface area contributed by atoms with E-state index in [1.165, 1.54) is 23.0 Å². The third kappa shape index (κ3) is 4.91. The zero-order valence-electron chi connectivity index (χ0n) is 21.4. The minimum Gasteiger partial charge on any atom is -0.390 e. The quantitative estimate of drug-likeness (QED) is 0.281. The molecule has 11 heteroatoms. The Kier molecular flexibility index (Phi) is 6.40. The molecule has 37 heavy (non-hydrogen) atoms. The molecule has 3 heterocycles. The topological polar surface area (TPSA) is 119 Å². The Balaban J connectivity index is 1.55. The van der Waals surface area contributed by atoms with Crippen molar-refractivity contribution >= 4 is 38.5 Å². The van der Waals surface area contributed by atoms with E-state index in [-0.39, 0.29) is 22.9 Å². The lowest BCUT2D eigenvalue weighted by Crippen LogP contribution is -2.19. The lowest BCUT2D eigenvalue weighted by molar-refractivity contribution is 0.533. The van der Waals surface area contributed by atoms with Gasteiger partial charge in [0.1, 0.15) is 5.82 Å². The Hall–Kier alpha value is -3.86. The molecule has 2 atom stereocenters. The van der Waals surface area contributed by atoms with Gasteiger partial charge in [-0.2, -0.15) is 15.1 Å². The summed E-state index contributed by atoms with van der Waals surface area (Å²) in [5.74, 6) is 1.45. The van der Waals surface area contributed by atoms with Crippen LogP contribution in [0, 0.1) is 12.8 Å². The molecule has 1 fully saturated rings. The summed E-state index contributed by atoms with van der Waals surface area (Å²) in [6.07, 6.45) is 7.39. The molecule has 0 spiro atoms. The summed E-state index contributed by atoms with van der Waals surface area (Å²) in [7, 11) is -2.04. The van der Waals surface area contributed by atoms with Crippen LogP contribution in [0.3, 0.4) is 0 Å². The summed E-state index contributed by atoms with van der Waals surface area (Å²) in [4.78, 5) is 9.55. The zero-order chi connectivity index (χ0) is 26.3.